The van der Waals surface area contributed by atoms with Gasteiger partial charge in [0.25, 0.3) is 5.69 Å². The highest BCUT2D eigenvalue weighted by molar-refractivity contribution is 8.15. The maximum atomic E-state index is 12.4. The van der Waals surface area contributed by atoms with Crippen molar-refractivity contribution < 1.29 is 24.4 Å². The summed E-state index contributed by atoms with van der Waals surface area (Å²) in [6.45, 7) is 0. The van der Waals surface area contributed by atoms with Gasteiger partial charge in [0, 0.05) is 29.7 Å². The lowest BCUT2D eigenvalue weighted by molar-refractivity contribution is -0.384. The molecule has 3 rings (SSSR count). The maximum Gasteiger partial charge on any atom is 0.270 e. The van der Waals surface area contributed by atoms with Crippen molar-refractivity contribution in [3.8, 4) is 11.5 Å². The highest BCUT2D eigenvalue weighted by Gasteiger charge is 2.32. The number of ketones is 1. The number of amidine groups is 1. The molecular formula is C19H16N4O6S. The van der Waals surface area contributed by atoms with Crippen molar-refractivity contribution >= 4 is 40.5 Å². The summed E-state index contributed by atoms with van der Waals surface area (Å²) >= 11 is 1.06. The van der Waals surface area contributed by atoms with E-state index in [2.05, 4.69) is 15.5 Å². The summed E-state index contributed by atoms with van der Waals surface area (Å²) in [5, 5.41) is 30.2. The number of aromatic hydroxyl groups is 1. The first-order chi connectivity index (χ1) is 14.4. The summed E-state index contributed by atoms with van der Waals surface area (Å²) in [7, 11) is 1.53. The van der Waals surface area contributed by atoms with Gasteiger partial charge < -0.3 is 15.2 Å². The maximum absolute atomic E-state index is 12.4. The van der Waals surface area contributed by atoms with Crippen LogP contribution < -0.4 is 10.1 Å². The number of thioether (sulfide) groups is 1. The van der Waals surface area contributed by atoms with E-state index in [1.54, 1.807) is 24.3 Å². The third kappa shape index (κ3) is 5.00. The fraction of sp³-hybridized carbons (Fsp3) is 0.158. The molecule has 0 spiro atoms. The van der Waals surface area contributed by atoms with Crippen molar-refractivity contribution in [2.24, 2.45) is 10.2 Å². The van der Waals surface area contributed by atoms with Gasteiger partial charge in [0.15, 0.2) is 11.0 Å². The number of carbonyl (C=O) groups is 2. The Labute approximate surface area is 174 Å². The van der Waals surface area contributed by atoms with Crippen LogP contribution in [0.4, 0.5) is 5.69 Å². The number of hydrogen-bond acceptors (Lipinski definition) is 9. The second-order valence-corrected chi connectivity index (χ2v) is 7.29. The lowest BCUT2D eigenvalue weighted by Crippen LogP contribution is -2.26. The van der Waals surface area contributed by atoms with Crippen molar-refractivity contribution in [1.82, 2.24) is 5.32 Å². The molecule has 11 heteroatoms. The summed E-state index contributed by atoms with van der Waals surface area (Å²) in [5.74, 6) is -0.136. The number of nitro groups is 1. The van der Waals surface area contributed by atoms with E-state index in [9.17, 15) is 24.8 Å². The number of methoxy groups -OCH3 is 1. The van der Waals surface area contributed by atoms with Crippen molar-refractivity contribution in [3.05, 3.63) is 63.7 Å². The van der Waals surface area contributed by atoms with Crippen LogP contribution in [-0.4, -0.2) is 45.5 Å². The van der Waals surface area contributed by atoms with Crippen molar-refractivity contribution in [3.63, 3.8) is 0 Å². The number of nitro benzene ring substituents is 1. The number of hydrogen-bond donors (Lipinski definition) is 2. The van der Waals surface area contributed by atoms with Gasteiger partial charge >= 0.3 is 0 Å². The van der Waals surface area contributed by atoms with Crippen molar-refractivity contribution in [2.75, 3.05) is 7.11 Å². The second kappa shape index (κ2) is 9.18. The minimum atomic E-state index is -0.653. The number of ether oxygens (including phenoxy) is 1. The summed E-state index contributed by atoms with van der Waals surface area (Å²) in [5.41, 5.74) is 0.366. The molecule has 1 saturated heterocycles. The zero-order chi connectivity index (χ0) is 21.7. The Morgan fingerprint density at radius 2 is 2.07 bits per heavy atom. The molecule has 154 valence electrons. The molecule has 10 nitrogen and oxygen atoms in total. The normalized spacial score (nSPS) is 17.3. The number of phenols is 1. The van der Waals surface area contributed by atoms with E-state index in [1.165, 1.54) is 13.2 Å². The van der Waals surface area contributed by atoms with Crippen LogP contribution >= 0.6 is 11.8 Å². The summed E-state index contributed by atoms with van der Waals surface area (Å²) in [6, 6.07) is 10.1. The summed E-state index contributed by atoms with van der Waals surface area (Å²) in [6.07, 6.45) is 1.12. The average Bonchev–Trinajstić information content (AvgIpc) is 3.08. The monoisotopic (exact) mass is 428 g/mol. The molecule has 1 aliphatic heterocycles. The fourth-order valence-corrected chi connectivity index (χ4v) is 3.48. The van der Waals surface area contributed by atoms with Crippen molar-refractivity contribution in [1.29, 1.82) is 0 Å². The zero-order valence-electron chi connectivity index (χ0n) is 15.6. The molecule has 1 amide bonds. The van der Waals surface area contributed by atoms with E-state index in [-0.39, 0.29) is 40.3 Å². The standard InChI is InChI=1S/C19H16N4O6S/c1-29-14-5-2-11(3-6-14)16(25)9-17-18(26)21-19(30-17)22-20-10-12-8-13(23(27)28)4-7-15(12)24/h2-8,10,17,24H,9H2,1H3,(H,21,22,26)/b20-10+. The van der Waals surface area contributed by atoms with Gasteiger partial charge in [0.2, 0.25) is 5.91 Å². The van der Waals surface area contributed by atoms with Crippen LogP contribution in [0.15, 0.2) is 52.7 Å². The van der Waals surface area contributed by atoms with E-state index in [0.717, 1.165) is 30.1 Å². The SMILES string of the molecule is COc1ccc(C(=O)CC2S/C(=N\N=C\c3cc([N+](=O)[O-])ccc3O)NC2=O)cc1. The molecule has 2 N–H and O–H groups in total. The van der Waals surface area contributed by atoms with Gasteiger partial charge in [0.05, 0.1) is 23.5 Å². The van der Waals surface area contributed by atoms with Gasteiger partial charge in [0.1, 0.15) is 11.5 Å². The lowest BCUT2D eigenvalue weighted by atomic mass is 10.1. The second-order valence-electron chi connectivity index (χ2n) is 6.10. The van der Waals surface area contributed by atoms with Gasteiger partial charge in [-0.1, -0.05) is 11.8 Å². The number of nitrogens with one attached hydrogen (secondary N) is 1. The molecule has 0 bridgehead atoms. The molecule has 1 atom stereocenters. The van der Waals surface area contributed by atoms with E-state index in [1.807, 2.05) is 0 Å². The predicted octanol–water partition coefficient (Wildman–Crippen LogP) is 2.50. The van der Waals surface area contributed by atoms with Crippen LogP contribution in [-0.2, 0) is 4.79 Å². The molecule has 0 aromatic heterocycles. The third-order valence-electron chi connectivity index (χ3n) is 4.13. The Morgan fingerprint density at radius 1 is 1.33 bits per heavy atom. The van der Waals surface area contributed by atoms with Crippen LogP contribution in [0.2, 0.25) is 0 Å². The number of carbonyl (C=O) groups excluding carboxylic acids is 2. The van der Waals surface area contributed by atoms with Crippen LogP contribution in [0.1, 0.15) is 22.3 Å². The Morgan fingerprint density at radius 3 is 2.73 bits per heavy atom. The Hall–Kier alpha value is -3.73. The van der Waals surface area contributed by atoms with Crippen LogP contribution in [0.5, 0.6) is 11.5 Å². The Bertz CT molecular complexity index is 1050. The predicted molar refractivity (Wildman–Crippen MR) is 111 cm³/mol. The minimum absolute atomic E-state index is 0.0166. The van der Waals surface area contributed by atoms with Crippen LogP contribution in [0.25, 0.3) is 0 Å². The molecule has 2 aromatic carbocycles. The summed E-state index contributed by atoms with van der Waals surface area (Å²) in [4.78, 5) is 34.7. The Kier molecular flexibility index (Phi) is 6.42. The smallest absolute Gasteiger partial charge is 0.270 e. The highest BCUT2D eigenvalue weighted by Crippen LogP contribution is 2.25. The molecule has 1 aliphatic rings. The number of non-ortho nitro benzene ring substituents is 1. The molecule has 30 heavy (non-hydrogen) atoms. The topological polar surface area (TPSA) is 143 Å². The van der Waals surface area contributed by atoms with E-state index >= 15 is 0 Å². The fourth-order valence-electron chi connectivity index (χ4n) is 2.55. The molecule has 1 unspecified atom stereocenters. The first-order valence-corrected chi connectivity index (χ1v) is 9.48. The quantitative estimate of drug-likeness (QED) is 0.298. The van der Waals surface area contributed by atoms with Crippen LogP contribution in [0, 0.1) is 10.1 Å². The summed E-state index contributed by atoms with van der Waals surface area (Å²) < 4.78 is 5.05. The molecular weight excluding hydrogens is 412 g/mol. The first kappa shape index (κ1) is 21.0. The average molecular weight is 428 g/mol. The molecule has 0 aliphatic carbocycles. The highest BCUT2D eigenvalue weighted by atomic mass is 32.2. The van der Waals surface area contributed by atoms with E-state index < -0.39 is 10.2 Å². The van der Waals surface area contributed by atoms with Gasteiger partial charge in [-0.05, 0) is 30.3 Å². The van der Waals surface area contributed by atoms with Gasteiger partial charge in [-0.3, -0.25) is 19.7 Å². The number of benzene rings is 2. The Balaban J connectivity index is 1.64. The zero-order valence-corrected chi connectivity index (χ0v) is 16.5. The third-order valence-corrected chi connectivity index (χ3v) is 5.20. The number of amides is 1. The van der Waals surface area contributed by atoms with Crippen LogP contribution in [0.3, 0.4) is 0 Å². The first-order valence-electron chi connectivity index (χ1n) is 8.60. The van der Waals surface area contributed by atoms with E-state index in [0.29, 0.717) is 11.3 Å². The lowest BCUT2D eigenvalue weighted by Gasteiger charge is -2.05. The molecule has 1 fully saturated rings. The molecule has 1 heterocycles. The molecule has 2 aromatic rings. The van der Waals surface area contributed by atoms with Gasteiger partial charge in [-0.25, -0.2) is 0 Å². The minimum Gasteiger partial charge on any atom is -0.507 e. The van der Waals surface area contributed by atoms with Crippen molar-refractivity contribution in [2.45, 2.75) is 11.7 Å². The number of phenolic OH excluding ortho intramolecular Hbond substituents is 1. The number of nitrogens with zero attached hydrogens (tertiary/aromatic N) is 3. The number of rotatable bonds is 7. The van der Waals surface area contributed by atoms with Gasteiger partial charge in [-0.2, -0.15) is 5.10 Å². The molecule has 0 radical (unpaired) electrons. The van der Waals surface area contributed by atoms with Gasteiger partial charge in [-0.15, -0.1) is 5.10 Å². The largest absolute Gasteiger partial charge is 0.507 e. The molecule has 0 saturated carbocycles. The van der Waals surface area contributed by atoms with E-state index in [4.69, 9.17) is 4.74 Å². The number of Topliss-reactive ketones (excluding diaryl/α,β-unsaturated/α-hetero) is 1.